The molecule has 0 amide bonds. The Morgan fingerprint density at radius 3 is 3.38 bits per heavy atom. The highest BCUT2D eigenvalue weighted by atomic mass is 14.2. The van der Waals surface area contributed by atoms with Gasteiger partial charge in [-0.25, -0.2) is 0 Å². The average molecular weight is 106 g/mol. The summed E-state index contributed by atoms with van der Waals surface area (Å²) in [6, 6.07) is 0. The maximum absolute atomic E-state index is 2.32. The van der Waals surface area contributed by atoms with E-state index in [4.69, 9.17) is 0 Å². The fourth-order valence-electron chi connectivity index (χ4n) is 1.64. The summed E-state index contributed by atoms with van der Waals surface area (Å²) in [5, 5.41) is 0. The Bertz CT molecular complexity index is 151. The zero-order valence-electron chi connectivity index (χ0n) is 4.93. The van der Waals surface area contributed by atoms with E-state index in [0.717, 1.165) is 5.92 Å². The van der Waals surface area contributed by atoms with Crippen LogP contribution in [-0.4, -0.2) is 0 Å². The molecule has 0 bridgehead atoms. The minimum absolute atomic E-state index is 0.856. The van der Waals surface area contributed by atoms with Gasteiger partial charge < -0.3 is 0 Å². The van der Waals surface area contributed by atoms with E-state index in [1.165, 1.54) is 19.3 Å². The predicted octanol–water partition coefficient (Wildman–Crippen LogP) is 2.28. The van der Waals surface area contributed by atoms with Crippen LogP contribution < -0.4 is 0 Å². The first kappa shape index (κ1) is 4.37. The fraction of sp³-hybridized carbons (Fsp3) is 0.500. The quantitative estimate of drug-likeness (QED) is 0.444. The summed E-state index contributed by atoms with van der Waals surface area (Å²) in [6.45, 7) is 0. The van der Waals surface area contributed by atoms with Gasteiger partial charge in [-0.3, -0.25) is 0 Å². The van der Waals surface area contributed by atoms with Crippen LogP contribution in [0.5, 0.6) is 0 Å². The number of fused-ring (bicyclic) bond motifs is 1. The summed E-state index contributed by atoms with van der Waals surface area (Å²) in [4.78, 5) is 0. The van der Waals surface area contributed by atoms with Gasteiger partial charge in [0.15, 0.2) is 0 Å². The summed E-state index contributed by atoms with van der Waals surface area (Å²) in [5.74, 6) is 0.856. The summed E-state index contributed by atoms with van der Waals surface area (Å²) >= 11 is 0. The molecule has 42 valence electrons. The molecule has 0 spiro atoms. The summed E-state index contributed by atoms with van der Waals surface area (Å²) in [7, 11) is 0. The Kier molecular flexibility index (Phi) is 0.806. The molecule has 0 heterocycles. The van der Waals surface area contributed by atoms with Gasteiger partial charge in [0.25, 0.3) is 0 Å². The fourth-order valence-corrected chi connectivity index (χ4v) is 1.64. The molecule has 0 aromatic heterocycles. The van der Waals surface area contributed by atoms with E-state index in [1.807, 2.05) is 0 Å². The Hall–Kier alpha value is -0.520. The van der Waals surface area contributed by atoms with Crippen molar-refractivity contribution < 1.29 is 0 Å². The molecule has 0 nitrogen and oxygen atoms in total. The zero-order valence-corrected chi connectivity index (χ0v) is 4.93. The van der Waals surface area contributed by atoms with Crippen molar-refractivity contribution in [1.82, 2.24) is 0 Å². The van der Waals surface area contributed by atoms with Crippen LogP contribution in [0.2, 0.25) is 0 Å². The largest absolute Gasteiger partial charge is 0.0773 e. The Morgan fingerprint density at radius 2 is 2.50 bits per heavy atom. The van der Waals surface area contributed by atoms with Crippen molar-refractivity contribution in [3.63, 3.8) is 0 Å². The second kappa shape index (κ2) is 1.48. The van der Waals surface area contributed by atoms with Gasteiger partial charge in [-0.05, 0) is 25.2 Å². The average Bonchev–Trinajstić information content (AvgIpc) is 2.15. The molecule has 0 unspecified atom stereocenters. The molecule has 1 fully saturated rings. The van der Waals surface area contributed by atoms with Crippen molar-refractivity contribution in [3.8, 4) is 0 Å². The van der Waals surface area contributed by atoms with Crippen LogP contribution in [-0.2, 0) is 0 Å². The highest BCUT2D eigenvalue weighted by Crippen LogP contribution is 2.34. The van der Waals surface area contributed by atoms with Crippen LogP contribution in [0.4, 0.5) is 0 Å². The lowest BCUT2D eigenvalue weighted by Gasteiger charge is -1.96. The number of hydrogen-bond donors (Lipinski definition) is 0. The maximum Gasteiger partial charge on any atom is -0.00169 e. The van der Waals surface area contributed by atoms with Gasteiger partial charge in [0.1, 0.15) is 0 Å². The minimum Gasteiger partial charge on any atom is -0.0773 e. The van der Waals surface area contributed by atoms with Gasteiger partial charge >= 0.3 is 0 Å². The molecule has 1 saturated carbocycles. The second-order valence-electron chi connectivity index (χ2n) is 2.63. The zero-order chi connectivity index (χ0) is 5.40. The van der Waals surface area contributed by atoms with Crippen molar-refractivity contribution >= 4 is 0 Å². The van der Waals surface area contributed by atoms with Gasteiger partial charge in [-0.15, -0.1) is 0 Å². The normalized spacial score (nSPS) is 33.0. The van der Waals surface area contributed by atoms with Crippen molar-refractivity contribution in [2.45, 2.75) is 19.3 Å². The predicted molar refractivity (Wildman–Crippen MR) is 34.6 cm³/mol. The lowest BCUT2D eigenvalue weighted by Crippen LogP contribution is -1.83. The molecule has 2 aliphatic carbocycles. The smallest absolute Gasteiger partial charge is 0.00169 e. The molecule has 0 heteroatoms. The van der Waals surface area contributed by atoms with E-state index in [2.05, 4.69) is 18.2 Å². The number of rotatable bonds is 0. The molecule has 0 saturated heterocycles. The topological polar surface area (TPSA) is 0 Å². The third-order valence-electron chi connectivity index (χ3n) is 2.11. The van der Waals surface area contributed by atoms with Crippen LogP contribution in [0, 0.1) is 5.92 Å². The molecular weight excluding hydrogens is 96.1 g/mol. The third-order valence-corrected chi connectivity index (χ3v) is 2.11. The molecule has 2 rings (SSSR count). The molecule has 0 aromatic rings. The van der Waals surface area contributed by atoms with Crippen LogP contribution in [0.1, 0.15) is 19.3 Å². The molecular formula is C8H10. The van der Waals surface area contributed by atoms with Crippen molar-refractivity contribution in [2.75, 3.05) is 0 Å². The van der Waals surface area contributed by atoms with E-state index in [0.29, 0.717) is 0 Å². The molecule has 2 aliphatic rings. The van der Waals surface area contributed by atoms with Crippen LogP contribution in [0.15, 0.2) is 23.8 Å². The van der Waals surface area contributed by atoms with Gasteiger partial charge in [-0.1, -0.05) is 23.8 Å². The SMILES string of the molecule is C1=C[C@@H]2CCCC2=C1. The standard InChI is InChI=1S/C8H10/c1-3-7-5-2-6-8(7)4-1/h1,3-4,7H,2,5-6H2/t7-/m1/s1. The van der Waals surface area contributed by atoms with Crippen LogP contribution in [0.3, 0.4) is 0 Å². The van der Waals surface area contributed by atoms with Crippen LogP contribution >= 0.6 is 0 Å². The van der Waals surface area contributed by atoms with E-state index >= 15 is 0 Å². The van der Waals surface area contributed by atoms with Gasteiger partial charge in [0, 0.05) is 0 Å². The Balaban J connectivity index is 2.29. The van der Waals surface area contributed by atoms with Crippen molar-refractivity contribution in [1.29, 1.82) is 0 Å². The lowest BCUT2D eigenvalue weighted by atomic mass is 10.1. The third kappa shape index (κ3) is 0.459. The highest BCUT2D eigenvalue weighted by Gasteiger charge is 2.19. The molecule has 0 aromatic carbocycles. The maximum atomic E-state index is 2.32. The Morgan fingerprint density at radius 1 is 1.50 bits per heavy atom. The first-order valence-corrected chi connectivity index (χ1v) is 3.34. The Labute approximate surface area is 49.9 Å². The first-order chi connectivity index (χ1) is 3.97. The molecule has 0 aliphatic heterocycles. The van der Waals surface area contributed by atoms with Gasteiger partial charge in [-0.2, -0.15) is 0 Å². The number of hydrogen-bond acceptors (Lipinski definition) is 0. The van der Waals surface area contributed by atoms with Crippen molar-refractivity contribution in [2.24, 2.45) is 5.92 Å². The van der Waals surface area contributed by atoms with Gasteiger partial charge in [0.05, 0.1) is 0 Å². The molecule has 0 radical (unpaired) electrons. The van der Waals surface area contributed by atoms with Crippen LogP contribution in [0.25, 0.3) is 0 Å². The first-order valence-electron chi connectivity index (χ1n) is 3.34. The monoisotopic (exact) mass is 106 g/mol. The summed E-state index contributed by atoms with van der Waals surface area (Å²) in [6.07, 6.45) is 11.0. The van der Waals surface area contributed by atoms with E-state index in [9.17, 15) is 0 Å². The summed E-state index contributed by atoms with van der Waals surface area (Å²) in [5.41, 5.74) is 1.67. The number of allylic oxidation sites excluding steroid dienone is 4. The van der Waals surface area contributed by atoms with Crippen molar-refractivity contribution in [3.05, 3.63) is 23.8 Å². The highest BCUT2D eigenvalue weighted by molar-refractivity contribution is 5.29. The minimum atomic E-state index is 0.856. The van der Waals surface area contributed by atoms with E-state index in [1.54, 1.807) is 5.57 Å². The van der Waals surface area contributed by atoms with Gasteiger partial charge in [0.2, 0.25) is 0 Å². The van der Waals surface area contributed by atoms with E-state index in [-0.39, 0.29) is 0 Å². The second-order valence-corrected chi connectivity index (χ2v) is 2.63. The molecule has 1 atom stereocenters. The summed E-state index contributed by atoms with van der Waals surface area (Å²) < 4.78 is 0. The van der Waals surface area contributed by atoms with E-state index < -0.39 is 0 Å². The molecule has 8 heavy (non-hydrogen) atoms. The molecule has 0 N–H and O–H groups in total. The lowest BCUT2D eigenvalue weighted by molar-refractivity contribution is 0.772.